The summed E-state index contributed by atoms with van der Waals surface area (Å²) in [5, 5.41) is 0. The topological polar surface area (TPSA) is 138 Å². The summed E-state index contributed by atoms with van der Waals surface area (Å²) in [5.41, 5.74) is 0.898. The fraction of sp³-hybridized carbons (Fsp3) is 0.636. The molecule has 1 saturated heterocycles. The first-order valence-corrected chi connectivity index (χ1v) is 12.4. The Morgan fingerprint density at radius 2 is 1.39 bits per heavy atom. The molecule has 0 aromatic carbocycles. The number of rotatable bonds is 6. The Kier molecular flexibility index (Phi) is 50.5. The van der Waals surface area contributed by atoms with Gasteiger partial charge in [0.15, 0.2) is 0 Å². The van der Waals surface area contributed by atoms with Crippen LogP contribution in [0.2, 0.25) is 0 Å². The third-order valence-corrected chi connectivity index (χ3v) is 4.41. The number of allylic oxidation sites excluding steroid dienone is 2. The molecular formula is C22H46N2O8S2Y2-4. The van der Waals surface area contributed by atoms with E-state index in [4.69, 9.17) is 0 Å². The van der Waals surface area contributed by atoms with Gasteiger partial charge in [0.05, 0.1) is 29.0 Å². The van der Waals surface area contributed by atoms with E-state index in [-0.39, 0.29) is 91.8 Å². The third kappa shape index (κ3) is 83.7. The molecule has 214 valence electrons. The van der Waals surface area contributed by atoms with Gasteiger partial charge >= 0.3 is 0 Å². The number of hydrogen-bond donors (Lipinski definition) is 0. The minimum absolute atomic E-state index is 0. The first kappa shape index (κ1) is 56.8. The Hall–Kier alpha value is 0.768. The molecule has 10 nitrogen and oxygen atoms in total. The average Bonchev–Trinajstić information content (AvgIpc) is 2.97. The van der Waals surface area contributed by atoms with E-state index in [1.807, 2.05) is 28.2 Å². The van der Waals surface area contributed by atoms with Gasteiger partial charge in [-0.1, -0.05) is 28.7 Å². The quantitative estimate of drug-likeness (QED) is 0.134. The van der Waals surface area contributed by atoms with Crippen molar-refractivity contribution in [3.8, 4) is 0 Å². The molecule has 0 N–H and O–H groups in total. The first-order chi connectivity index (χ1) is 14.2. The van der Waals surface area contributed by atoms with E-state index in [1.54, 1.807) is 31.3 Å². The van der Waals surface area contributed by atoms with Crippen LogP contribution in [0.25, 0.3) is 0 Å². The van der Waals surface area contributed by atoms with Crippen LogP contribution in [0.1, 0.15) is 41.5 Å². The summed E-state index contributed by atoms with van der Waals surface area (Å²) >= 11 is 0. The fourth-order valence-electron chi connectivity index (χ4n) is 1.15. The Balaban J connectivity index is -0.0000000463. The maximum Gasteiger partial charge on any atom is 0.267 e. The van der Waals surface area contributed by atoms with Crippen LogP contribution in [0.5, 0.6) is 0 Å². The molecule has 0 amide bonds. The Bertz CT molecular complexity index is 718. The minimum Gasteiger partial charge on any atom is -0.748 e. The van der Waals surface area contributed by atoms with Crippen molar-refractivity contribution in [3.05, 3.63) is 38.4 Å². The van der Waals surface area contributed by atoms with Crippen molar-refractivity contribution in [3.63, 3.8) is 0 Å². The molecule has 0 saturated carbocycles. The van der Waals surface area contributed by atoms with E-state index < -0.39 is 20.2 Å². The number of quaternary nitrogens is 1. The average molecular weight is 709 g/mol. The van der Waals surface area contributed by atoms with Crippen molar-refractivity contribution in [2.24, 2.45) is 0 Å². The molecule has 14 heteroatoms. The van der Waals surface area contributed by atoms with Crippen molar-refractivity contribution < 1.29 is 105 Å². The van der Waals surface area contributed by atoms with E-state index in [9.17, 15) is 31.0 Å². The van der Waals surface area contributed by atoms with Gasteiger partial charge in [0, 0.05) is 91.7 Å². The molecule has 2 radical (unpaired) electrons. The molecular weight excluding hydrogens is 662 g/mol. The summed E-state index contributed by atoms with van der Waals surface area (Å²) in [6.07, 6.45) is 4.20. The second-order valence-corrected chi connectivity index (χ2v) is 10.8. The van der Waals surface area contributed by atoms with E-state index >= 15 is 0 Å². The van der Waals surface area contributed by atoms with E-state index in [0.29, 0.717) is 41.6 Å². The van der Waals surface area contributed by atoms with Crippen LogP contribution in [-0.2, 0) is 99.4 Å². The first-order valence-electron chi connectivity index (χ1n) is 9.22. The maximum absolute atomic E-state index is 10.2. The third-order valence-electron chi connectivity index (χ3n) is 2.31. The second-order valence-electron chi connectivity index (χ2n) is 7.56. The number of hydrogen-bond acceptors (Lipinski definition) is 9. The fourth-order valence-corrected chi connectivity index (χ4v) is 2.59. The zero-order chi connectivity index (χ0) is 26.6. The summed E-state index contributed by atoms with van der Waals surface area (Å²) in [6.45, 7) is 10.7. The predicted octanol–water partition coefficient (Wildman–Crippen LogP) is 2.48. The predicted molar refractivity (Wildman–Crippen MR) is 139 cm³/mol. The van der Waals surface area contributed by atoms with Crippen molar-refractivity contribution in [1.29, 1.82) is 0 Å². The second kappa shape index (κ2) is 32.0. The Labute approximate surface area is 272 Å². The van der Waals surface area contributed by atoms with Gasteiger partial charge in [0.1, 0.15) is 0 Å². The molecule has 0 aliphatic carbocycles. The van der Waals surface area contributed by atoms with Crippen molar-refractivity contribution >= 4 is 32.8 Å². The Morgan fingerprint density at radius 3 is 1.50 bits per heavy atom. The molecule has 0 aromatic heterocycles. The molecule has 1 heterocycles. The van der Waals surface area contributed by atoms with Crippen molar-refractivity contribution in [2.45, 2.75) is 41.5 Å². The van der Waals surface area contributed by atoms with E-state index in [2.05, 4.69) is 31.4 Å². The molecule has 1 aliphatic rings. The van der Waals surface area contributed by atoms with Crippen LogP contribution >= 0.6 is 0 Å². The zero-order valence-electron chi connectivity index (χ0n) is 21.2. The van der Waals surface area contributed by atoms with Gasteiger partial charge in [-0.15, -0.1) is 7.05 Å². The summed E-state index contributed by atoms with van der Waals surface area (Å²) < 4.78 is 55.6. The van der Waals surface area contributed by atoms with Crippen molar-refractivity contribution in [2.75, 3.05) is 52.8 Å². The van der Waals surface area contributed by atoms with E-state index in [1.165, 1.54) is 0 Å². The van der Waals surface area contributed by atoms with Crippen LogP contribution in [0, 0.1) is 14.1 Å². The summed E-state index contributed by atoms with van der Waals surface area (Å²) in [6, 6.07) is 0. The van der Waals surface area contributed by atoms with Gasteiger partial charge in [-0.3, -0.25) is 11.2 Å². The summed E-state index contributed by atoms with van der Waals surface area (Å²) in [4.78, 5) is 20.3. The molecule has 1 fully saturated rings. The van der Waals surface area contributed by atoms with Crippen molar-refractivity contribution in [1.82, 2.24) is 4.90 Å². The monoisotopic (exact) mass is 708 g/mol. The molecule has 0 unspecified atom stereocenters. The molecule has 0 aromatic rings. The number of nitrogens with zero attached hydrogens (tertiary/aromatic N) is 2. The molecule has 1 aliphatic heterocycles. The normalized spacial score (nSPS) is 12.4. The molecule has 36 heavy (non-hydrogen) atoms. The number of carbonyl (C=O) groups excluding carboxylic acids is 2. The maximum atomic E-state index is 10.2. The van der Waals surface area contributed by atoms with Crippen LogP contribution in [-0.4, -0.2) is 96.2 Å². The molecule has 0 spiro atoms. The van der Waals surface area contributed by atoms with Gasteiger partial charge in [0.2, 0.25) is 0 Å². The van der Waals surface area contributed by atoms with Gasteiger partial charge in [-0.25, -0.2) is 21.6 Å². The molecule has 0 atom stereocenters. The van der Waals surface area contributed by atoms with Crippen LogP contribution in [0.3, 0.4) is 0 Å². The van der Waals surface area contributed by atoms with Gasteiger partial charge < -0.3 is 23.5 Å². The largest absolute Gasteiger partial charge is 0.748 e. The van der Waals surface area contributed by atoms with Crippen LogP contribution in [0.15, 0.2) is 24.3 Å². The molecule has 0 bridgehead atoms. The SMILES string of the molecule is C.C.C=C(C)[C-]=O.C=C(C)[C-]=O.O=S1(=O)CCCO1.[CH2-]N(C)C.[CH2-][N+](C)(C)CCCS(=O)(=O)[O-].[Y].[Y]. The smallest absolute Gasteiger partial charge is 0.267 e. The van der Waals surface area contributed by atoms with Gasteiger partial charge in [-0.2, -0.15) is 19.6 Å². The van der Waals surface area contributed by atoms with E-state index in [0.717, 1.165) is 0 Å². The standard InChI is InChI=1S/C6H15NO3S.2C4H5O.C3H8N.C3H6O3S.2CH4.2Y/c1-7(2,3)5-4-6-11(8,9)10;2*1-4(2)3-5;1-4(2)3;4-7(5)3-1-2-6-7;;;;/h1,4-6H2,2-3H3,(H,8,9,10);2*1H2,2H3;1H2,2-3H3;1-3H2;2*1H4;;/q;3*-1;;;;;/p-1. The molecule has 1 rings (SSSR count). The van der Waals surface area contributed by atoms with Crippen LogP contribution in [0.4, 0.5) is 0 Å². The van der Waals surface area contributed by atoms with Gasteiger partial charge in [0.25, 0.3) is 10.1 Å². The summed E-state index contributed by atoms with van der Waals surface area (Å²) in [5.74, 6) is -0.0861. The zero-order valence-corrected chi connectivity index (χ0v) is 28.5. The van der Waals surface area contributed by atoms with Gasteiger partial charge in [-0.05, 0) is 33.1 Å². The van der Waals surface area contributed by atoms with Crippen LogP contribution < -0.4 is 0 Å². The summed E-state index contributed by atoms with van der Waals surface area (Å²) in [7, 11) is 7.59. The Morgan fingerprint density at radius 1 is 1.08 bits per heavy atom. The minimum atomic E-state index is -4.03.